The Morgan fingerprint density at radius 1 is 1.20 bits per heavy atom. The van der Waals surface area contributed by atoms with Crippen LogP contribution in [0.4, 0.5) is 0 Å². The second-order valence-corrected chi connectivity index (χ2v) is 0.250. The first-order chi connectivity index (χ1) is 1.41. The van der Waals surface area contributed by atoms with Crippen molar-refractivity contribution in [3.05, 3.63) is 0 Å². The fourth-order valence-corrected chi connectivity index (χ4v) is 0. The summed E-state index contributed by atoms with van der Waals surface area (Å²) in [6, 6.07) is 0. The van der Waals surface area contributed by atoms with Crippen LogP contribution in [0, 0.1) is 0 Å². The van der Waals surface area contributed by atoms with Gasteiger partial charge in [0.15, 0.2) is 0 Å². The third-order valence-corrected chi connectivity index (χ3v) is 0. The number of rotatable bonds is 0. The van der Waals surface area contributed by atoms with Gasteiger partial charge in [0.1, 0.15) is 0 Å². The van der Waals surface area contributed by atoms with E-state index in [0.717, 1.165) is 0 Å². The zero-order valence-corrected chi connectivity index (χ0v) is 7.23. The smallest absolute Gasteiger partial charge is 0.274 e. The van der Waals surface area contributed by atoms with Crippen molar-refractivity contribution in [3.63, 3.8) is 0 Å². The van der Waals surface area contributed by atoms with E-state index in [0.29, 0.717) is 0 Å². The maximum atomic E-state index is 8.40. The summed E-state index contributed by atoms with van der Waals surface area (Å²) in [5.74, 6) is 0. The predicted octanol–water partition coefficient (Wildman–Crippen LogP) is -0.623. The molecule has 0 aromatic carbocycles. The standard InChI is InChI=1S/Cu.O2Si.Zn/c;1-3-2;. The van der Waals surface area contributed by atoms with Crippen LogP contribution in [0.3, 0.4) is 0 Å². The van der Waals surface area contributed by atoms with Crippen LogP contribution in [-0.2, 0) is 45.5 Å². The molecule has 0 aromatic rings. The predicted molar refractivity (Wildman–Crippen MR) is 7.13 cm³/mol. The SMILES string of the molecule is O=[Si]=O.[Cu].[Zn]. The molecule has 0 aliphatic heterocycles. The second-order valence-electron chi connectivity index (χ2n) is 0.0833. The van der Waals surface area contributed by atoms with Crippen LogP contribution in [0.25, 0.3) is 0 Å². The third kappa shape index (κ3) is 47.2. The molecule has 0 atom stereocenters. The summed E-state index contributed by atoms with van der Waals surface area (Å²) in [5, 5.41) is 0. The van der Waals surface area contributed by atoms with Crippen molar-refractivity contribution in [2.45, 2.75) is 0 Å². The summed E-state index contributed by atoms with van der Waals surface area (Å²) < 4.78 is 16.8. The van der Waals surface area contributed by atoms with E-state index in [9.17, 15) is 0 Å². The summed E-state index contributed by atoms with van der Waals surface area (Å²) in [4.78, 5) is 0. The van der Waals surface area contributed by atoms with Crippen molar-refractivity contribution in [3.8, 4) is 0 Å². The molecule has 5 heavy (non-hydrogen) atoms. The minimum Gasteiger partial charge on any atom is -0.274 e. The van der Waals surface area contributed by atoms with Crippen molar-refractivity contribution in [2.75, 3.05) is 0 Å². The van der Waals surface area contributed by atoms with E-state index in [4.69, 9.17) is 8.92 Å². The molecule has 0 saturated carbocycles. The van der Waals surface area contributed by atoms with Crippen molar-refractivity contribution >= 4 is 9.29 Å². The van der Waals surface area contributed by atoms with Crippen LogP contribution < -0.4 is 0 Å². The van der Waals surface area contributed by atoms with Crippen LogP contribution >= 0.6 is 0 Å². The topological polar surface area (TPSA) is 34.1 Å². The van der Waals surface area contributed by atoms with Crippen LogP contribution in [0.1, 0.15) is 0 Å². The van der Waals surface area contributed by atoms with Gasteiger partial charge in [0.2, 0.25) is 0 Å². The van der Waals surface area contributed by atoms with Gasteiger partial charge in [0.05, 0.1) is 0 Å². The van der Waals surface area contributed by atoms with Gasteiger partial charge in [-0.3, -0.25) is 8.92 Å². The Hall–Kier alpha value is 0.960. The second kappa shape index (κ2) is 20.2. The van der Waals surface area contributed by atoms with Gasteiger partial charge in [-0.05, 0) is 0 Å². The summed E-state index contributed by atoms with van der Waals surface area (Å²) in [5.41, 5.74) is 0. The summed E-state index contributed by atoms with van der Waals surface area (Å²) >= 11 is 0. The Kier molecular flexibility index (Phi) is 67.8. The average Bonchev–Trinajstić information content (AvgIpc) is 0.918. The normalized spacial score (nSPS) is 1.60. The molecule has 0 saturated heterocycles. The Morgan fingerprint density at radius 2 is 1.20 bits per heavy atom. The van der Waals surface area contributed by atoms with Crippen LogP contribution in [0.2, 0.25) is 0 Å². The van der Waals surface area contributed by atoms with E-state index in [1.807, 2.05) is 0 Å². The summed E-state index contributed by atoms with van der Waals surface area (Å²) in [6.45, 7) is 0. The van der Waals surface area contributed by atoms with Gasteiger partial charge >= 0.3 is 9.29 Å². The van der Waals surface area contributed by atoms with Crippen molar-refractivity contribution in [1.82, 2.24) is 0 Å². The molecular weight excluding hydrogens is 189 g/mol. The zero-order chi connectivity index (χ0) is 2.71. The van der Waals surface area contributed by atoms with Gasteiger partial charge in [0, 0.05) is 36.5 Å². The molecular formula is CuO2SiZn. The van der Waals surface area contributed by atoms with Crippen molar-refractivity contribution < 1.29 is 45.5 Å². The van der Waals surface area contributed by atoms with Gasteiger partial charge in [-0.1, -0.05) is 0 Å². The van der Waals surface area contributed by atoms with Gasteiger partial charge in [-0.15, -0.1) is 0 Å². The number of hydrogen-bond donors (Lipinski definition) is 0. The third-order valence-electron chi connectivity index (χ3n) is 0. The molecule has 0 aromatic heterocycles. The van der Waals surface area contributed by atoms with Crippen LogP contribution in [0.15, 0.2) is 0 Å². The van der Waals surface area contributed by atoms with Gasteiger partial charge in [0.25, 0.3) is 0 Å². The molecule has 0 aliphatic rings. The summed E-state index contributed by atoms with van der Waals surface area (Å²) in [6.07, 6.45) is 0. The van der Waals surface area contributed by atoms with E-state index in [2.05, 4.69) is 0 Å². The first-order valence-electron chi connectivity index (χ1n) is 0.408. The Bertz CT molecular complexity index is 30.6. The Labute approximate surface area is 54.9 Å². The Balaban J connectivity index is -0.0000000200. The molecule has 0 spiro atoms. The van der Waals surface area contributed by atoms with Crippen LogP contribution in [0.5, 0.6) is 0 Å². The maximum Gasteiger partial charge on any atom is 0.549 e. The van der Waals surface area contributed by atoms with E-state index in [1.165, 1.54) is 0 Å². The van der Waals surface area contributed by atoms with Crippen molar-refractivity contribution in [2.24, 2.45) is 0 Å². The van der Waals surface area contributed by atoms with Gasteiger partial charge in [-0.2, -0.15) is 0 Å². The maximum absolute atomic E-state index is 8.40. The Morgan fingerprint density at radius 3 is 1.20 bits per heavy atom. The van der Waals surface area contributed by atoms with Crippen LogP contribution in [-0.4, -0.2) is 9.29 Å². The zero-order valence-electron chi connectivity index (χ0n) is 2.33. The average molecular weight is 189 g/mol. The van der Waals surface area contributed by atoms with E-state index in [1.54, 1.807) is 0 Å². The molecule has 5 heteroatoms. The quantitative estimate of drug-likeness (QED) is 0.476. The van der Waals surface area contributed by atoms with E-state index < -0.39 is 9.29 Å². The number of hydrogen-bond acceptors (Lipinski definition) is 2. The molecule has 0 N–H and O–H groups in total. The molecule has 1 radical (unpaired) electrons. The molecule has 0 amide bonds. The largest absolute Gasteiger partial charge is 0.549 e. The monoisotopic (exact) mass is 187 g/mol. The molecule has 2 nitrogen and oxygen atoms in total. The van der Waals surface area contributed by atoms with E-state index >= 15 is 0 Å². The first-order valence-corrected chi connectivity index (χ1v) is 1.22. The molecule has 0 aliphatic carbocycles. The van der Waals surface area contributed by atoms with Crippen molar-refractivity contribution in [1.29, 1.82) is 0 Å². The fraction of sp³-hybridized carbons (Fsp3) is 0. The molecule has 0 unspecified atom stereocenters. The van der Waals surface area contributed by atoms with Gasteiger partial charge < -0.3 is 0 Å². The molecule has 0 rings (SSSR count). The van der Waals surface area contributed by atoms with E-state index in [-0.39, 0.29) is 36.5 Å². The van der Waals surface area contributed by atoms with Gasteiger partial charge in [-0.25, -0.2) is 0 Å². The molecule has 0 bridgehead atoms. The minimum atomic E-state index is -1.42. The minimum absolute atomic E-state index is 0. The first kappa shape index (κ1) is 16.7. The molecule has 0 heterocycles. The summed E-state index contributed by atoms with van der Waals surface area (Å²) in [7, 11) is -1.42. The molecule has 29 valence electrons. The molecule has 0 fully saturated rings. The fourth-order valence-electron chi connectivity index (χ4n) is 0.